The molecule has 2 rings (SSSR count). The van der Waals surface area contributed by atoms with Gasteiger partial charge in [-0.05, 0) is 24.3 Å². The first kappa shape index (κ1) is 14.2. The van der Waals surface area contributed by atoms with Gasteiger partial charge in [0, 0.05) is 16.0 Å². The van der Waals surface area contributed by atoms with Crippen LogP contribution in [-0.2, 0) is 0 Å². The molecule has 0 aliphatic heterocycles. The molecule has 0 saturated heterocycles. The normalized spacial score (nSPS) is 9.18. The standard InChI is InChI=1S/C11H9N3OS.Na/c15-14-13-11-7-6-10(8-12-11)16-9-4-2-1-3-5-9;/h1-8H,(H,12,13,15);/q;+1. The molecular formula is C11H9N3NaOS+. The molecular weight excluding hydrogens is 245 g/mol. The molecule has 1 N–H and O–H groups in total. The van der Waals surface area contributed by atoms with E-state index in [1.54, 1.807) is 24.0 Å². The van der Waals surface area contributed by atoms with Gasteiger partial charge in [0.25, 0.3) is 0 Å². The van der Waals surface area contributed by atoms with Crippen LogP contribution < -0.4 is 35.0 Å². The molecule has 17 heavy (non-hydrogen) atoms. The van der Waals surface area contributed by atoms with Crippen LogP contribution in [0.3, 0.4) is 0 Å². The molecule has 2 aromatic rings. The Bertz CT molecular complexity index is 464. The monoisotopic (exact) mass is 254 g/mol. The Morgan fingerprint density at radius 2 is 1.82 bits per heavy atom. The number of pyridine rings is 1. The second-order valence-electron chi connectivity index (χ2n) is 3.00. The first-order valence-corrected chi connectivity index (χ1v) is 5.47. The molecule has 0 aliphatic rings. The summed E-state index contributed by atoms with van der Waals surface area (Å²) >= 11 is 1.62. The molecule has 0 unspecified atom stereocenters. The minimum absolute atomic E-state index is 0. The van der Waals surface area contributed by atoms with Gasteiger partial charge >= 0.3 is 29.6 Å². The molecule has 80 valence electrons. The van der Waals surface area contributed by atoms with Crippen LogP contribution in [-0.4, -0.2) is 4.98 Å². The number of hydrogen-bond donors (Lipinski definition) is 1. The van der Waals surface area contributed by atoms with Gasteiger partial charge in [-0.15, -0.1) is 4.91 Å². The van der Waals surface area contributed by atoms with E-state index < -0.39 is 0 Å². The quantitative estimate of drug-likeness (QED) is 0.485. The van der Waals surface area contributed by atoms with Crippen molar-refractivity contribution in [2.45, 2.75) is 9.79 Å². The van der Waals surface area contributed by atoms with E-state index in [0.29, 0.717) is 5.82 Å². The van der Waals surface area contributed by atoms with Crippen molar-refractivity contribution in [2.75, 3.05) is 5.43 Å². The Hall–Kier alpha value is -0.880. The Balaban J connectivity index is 0.00000144. The summed E-state index contributed by atoms with van der Waals surface area (Å²) in [5.41, 5.74) is 2.25. The maximum absolute atomic E-state index is 9.94. The third-order valence-corrected chi connectivity index (χ3v) is 2.86. The van der Waals surface area contributed by atoms with E-state index in [0.717, 1.165) is 9.79 Å². The third kappa shape index (κ3) is 4.47. The van der Waals surface area contributed by atoms with Crippen LogP contribution >= 0.6 is 11.8 Å². The largest absolute Gasteiger partial charge is 1.00 e. The first-order valence-electron chi connectivity index (χ1n) is 4.66. The van der Waals surface area contributed by atoms with Gasteiger partial charge in [-0.25, -0.2) is 10.4 Å². The van der Waals surface area contributed by atoms with E-state index in [-0.39, 0.29) is 29.6 Å². The fourth-order valence-corrected chi connectivity index (χ4v) is 1.99. The molecule has 0 amide bonds. The van der Waals surface area contributed by atoms with Crippen molar-refractivity contribution in [3.63, 3.8) is 0 Å². The van der Waals surface area contributed by atoms with Gasteiger partial charge in [0.2, 0.25) is 0 Å². The van der Waals surface area contributed by atoms with Crippen molar-refractivity contribution in [3.05, 3.63) is 53.6 Å². The third-order valence-electron chi connectivity index (χ3n) is 1.88. The van der Waals surface area contributed by atoms with Gasteiger partial charge in [0.1, 0.15) is 5.82 Å². The molecule has 1 heterocycles. The Morgan fingerprint density at radius 1 is 1.06 bits per heavy atom. The summed E-state index contributed by atoms with van der Waals surface area (Å²) in [4.78, 5) is 16.2. The average Bonchev–Trinajstić information content (AvgIpc) is 2.33. The number of nitroso groups, excluding NO2 is 1. The summed E-state index contributed by atoms with van der Waals surface area (Å²) < 4.78 is 0. The summed E-state index contributed by atoms with van der Waals surface area (Å²) in [5.74, 6) is 0.451. The molecule has 0 fully saturated rings. The molecule has 6 heteroatoms. The van der Waals surface area contributed by atoms with Crippen LogP contribution in [0.15, 0.2) is 63.7 Å². The number of benzene rings is 1. The Kier molecular flexibility index (Phi) is 6.21. The Labute approximate surface area is 125 Å². The maximum Gasteiger partial charge on any atom is 1.00 e. The number of nitrogens with zero attached hydrogens (tertiary/aromatic N) is 2. The van der Waals surface area contributed by atoms with Gasteiger partial charge in [0.05, 0.1) is 5.29 Å². The predicted octanol–water partition coefficient (Wildman–Crippen LogP) is 0.330. The van der Waals surface area contributed by atoms with Crippen molar-refractivity contribution < 1.29 is 29.6 Å². The minimum atomic E-state index is 0. The van der Waals surface area contributed by atoms with Crippen molar-refractivity contribution in [2.24, 2.45) is 5.29 Å². The van der Waals surface area contributed by atoms with Crippen molar-refractivity contribution >= 4 is 17.6 Å². The molecule has 0 atom stereocenters. The van der Waals surface area contributed by atoms with E-state index in [9.17, 15) is 4.91 Å². The zero-order valence-electron chi connectivity index (χ0n) is 9.33. The topological polar surface area (TPSA) is 54.4 Å². The fraction of sp³-hybridized carbons (Fsp3) is 0. The summed E-state index contributed by atoms with van der Waals surface area (Å²) in [6, 6.07) is 13.6. The van der Waals surface area contributed by atoms with E-state index in [2.05, 4.69) is 15.7 Å². The molecule has 4 nitrogen and oxygen atoms in total. The average molecular weight is 254 g/mol. The zero-order valence-corrected chi connectivity index (χ0v) is 12.1. The van der Waals surface area contributed by atoms with Crippen LogP contribution in [0.5, 0.6) is 0 Å². The fourth-order valence-electron chi connectivity index (χ4n) is 1.18. The summed E-state index contributed by atoms with van der Waals surface area (Å²) in [5, 5.41) is 2.55. The smallest absolute Gasteiger partial charge is 0.236 e. The van der Waals surface area contributed by atoms with Crippen LogP contribution in [0.4, 0.5) is 5.82 Å². The van der Waals surface area contributed by atoms with Crippen LogP contribution in [0.25, 0.3) is 0 Å². The molecule has 0 bridgehead atoms. The van der Waals surface area contributed by atoms with Gasteiger partial charge in [0.15, 0.2) is 0 Å². The van der Waals surface area contributed by atoms with Crippen LogP contribution in [0, 0.1) is 4.91 Å². The van der Waals surface area contributed by atoms with Gasteiger partial charge in [-0.3, -0.25) is 0 Å². The predicted molar refractivity (Wildman–Crippen MR) is 64.2 cm³/mol. The maximum atomic E-state index is 9.94. The molecule has 0 aliphatic carbocycles. The van der Waals surface area contributed by atoms with Crippen LogP contribution in [0.2, 0.25) is 0 Å². The molecule has 1 aromatic heterocycles. The number of hydrogen-bond acceptors (Lipinski definition) is 4. The summed E-state index contributed by atoms with van der Waals surface area (Å²) in [7, 11) is 0. The summed E-state index contributed by atoms with van der Waals surface area (Å²) in [6.45, 7) is 0. The van der Waals surface area contributed by atoms with Crippen molar-refractivity contribution in [3.8, 4) is 0 Å². The SMILES string of the molecule is O=NNc1ccc(Sc2ccccc2)cn1.[Na+]. The van der Waals surface area contributed by atoms with E-state index in [1.807, 2.05) is 36.4 Å². The van der Waals surface area contributed by atoms with E-state index in [1.165, 1.54) is 0 Å². The van der Waals surface area contributed by atoms with Crippen molar-refractivity contribution in [1.29, 1.82) is 0 Å². The summed E-state index contributed by atoms with van der Waals surface area (Å²) in [6.07, 6.45) is 1.70. The minimum Gasteiger partial charge on any atom is -0.236 e. The molecule has 0 spiro atoms. The second-order valence-corrected chi connectivity index (χ2v) is 4.14. The number of rotatable bonds is 4. The number of anilines is 1. The van der Waals surface area contributed by atoms with Gasteiger partial charge < -0.3 is 0 Å². The number of nitrogens with one attached hydrogen (secondary N) is 1. The van der Waals surface area contributed by atoms with Crippen molar-refractivity contribution in [1.82, 2.24) is 4.98 Å². The number of aromatic nitrogens is 1. The zero-order chi connectivity index (χ0) is 11.2. The van der Waals surface area contributed by atoms with Gasteiger partial charge in [-0.1, -0.05) is 30.0 Å². The van der Waals surface area contributed by atoms with Gasteiger partial charge in [-0.2, -0.15) is 0 Å². The molecule has 0 radical (unpaired) electrons. The molecule has 1 aromatic carbocycles. The second kappa shape index (κ2) is 7.45. The van der Waals surface area contributed by atoms with Crippen LogP contribution in [0.1, 0.15) is 0 Å². The van der Waals surface area contributed by atoms with E-state index in [4.69, 9.17) is 0 Å². The first-order chi connectivity index (χ1) is 7.88. The molecule has 0 saturated carbocycles. The van der Waals surface area contributed by atoms with E-state index >= 15 is 0 Å². The Morgan fingerprint density at radius 3 is 2.41 bits per heavy atom.